The average Bonchev–Trinajstić information content (AvgIpc) is 2.88. The summed E-state index contributed by atoms with van der Waals surface area (Å²) in [7, 11) is 3.31. The van der Waals surface area contributed by atoms with E-state index in [0.29, 0.717) is 19.6 Å². The number of carboxylic acid groups (broad SMARTS) is 1. The highest BCUT2D eigenvalue weighted by molar-refractivity contribution is 5.78. The molecule has 0 amide bonds. The fourth-order valence-corrected chi connectivity index (χ4v) is 3.77. The van der Waals surface area contributed by atoms with Crippen LogP contribution in [0.5, 0.6) is 17.2 Å². The van der Waals surface area contributed by atoms with E-state index < -0.39 is 12.1 Å². The van der Waals surface area contributed by atoms with E-state index in [2.05, 4.69) is 24.3 Å². The molecule has 1 N–H and O–H groups in total. The number of methoxy groups -OCH3 is 2. The molecule has 6 heteroatoms. The predicted molar refractivity (Wildman–Crippen MR) is 137 cm³/mol. The Labute approximate surface area is 206 Å². The molecule has 0 aliphatic heterocycles. The highest BCUT2D eigenvalue weighted by atomic mass is 16.5. The van der Waals surface area contributed by atoms with Crippen molar-refractivity contribution in [3.05, 3.63) is 83.9 Å². The topological polar surface area (TPSA) is 74.2 Å². The molecule has 0 radical (unpaired) electrons. The highest BCUT2D eigenvalue weighted by Crippen LogP contribution is 2.38. The van der Waals surface area contributed by atoms with Crippen LogP contribution in [0.15, 0.2) is 72.8 Å². The minimum atomic E-state index is -0.956. The van der Waals surface area contributed by atoms with Crippen molar-refractivity contribution in [1.29, 1.82) is 0 Å². The molecule has 0 fully saturated rings. The summed E-state index contributed by atoms with van der Waals surface area (Å²) in [5, 5.41) is 9.24. The molecule has 3 rings (SSSR count). The number of allylic oxidation sites excluding steroid dienone is 1. The van der Waals surface area contributed by atoms with Crippen molar-refractivity contribution in [3.8, 4) is 28.4 Å². The minimum Gasteiger partial charge on any atom is -0.496 e. The lowest BCUT2D eigenvalue weighted by molar-refractivity contribution is -0.149. The number of rotatable bonds is 12. The molecule has 3 aromatic carbocycles. The first-order chi connectivity index (χ1) is 17.0. The molecule has 0 spiro atoms. The van der Waals surface area contributed by atoms with Gasteiger partial charge in [0.15, 0.2) is 6.10 Å². The zero-order chi connectivity index (χ0) is 25.2. The average molecular weight is 477 g/mol. The second kappa shape index (κ2) is 12.6. The third kappa shape index (κ3) is 6.87. The summed E-state index contributed by atoms with van der Waals surface area (Å²) in [5.74, 6) is 1.29. The minimum absolute atomic E-state index is 0.319. The van der Waals surface area contributed by atoms with Crippen LogP contribution in [0.4, 0.5) is 0 Å². The van der Waals surface area contributed by atoms with Crippen molar-refractivity contribution in [2.75, 3.05) is 27.4 Å². The molecule has 0 aromatic heterocycles. The van der Waals surface area contributed by atoms with Crippen molar-refractivity contribution in [2.45, 2.75) is 26.4 Å². The number of hydrogen-bond acceptors (Lipinski definition) is 5. The number of carbonyl (C=O) groups is 1. The van der Waals surface area contributed by atoms with Gasteiger partial charge in [0.1, 0.15) is 23.9 Å². The van der Waals surface area contributed by atoms with E-state index >= 15 is 0 Å². The van der Waals surface area contributed by atoms with Crippen LogP contribution in [0.2, 0.25) is 0 Å². The van der Waals surface area contributed by atoms with E-state index in [1.807, 2.05) is 55.5 Å². The Balaban J connectivity index is 1.62. The number of benzene rings is 3. The van der Waals surface area contributed by atoms with E-state index in [9.17, 15) is 9.90 Å². The monoisotopic (exact) mass is 476 g/mol. The Morgan fingerprint density at radius 1 is 0.943 bits per heavy atom. The lowest BCUT2D eigenvalue weighted by Crippen LogP contribution is -2.26. The van der Waals surface area contributed by atoms with E-state index in [4.69, 9.17) is 18.9 Å². The van der Waals surface area contributed by atoms with Gasteiger partial charge in [-0.1, -0.05) is 42.5 Å². The van der Waals surface area contributed by atoms with Gasteiger partial charge in [-0.15, -0.1) is 0 Å². The van der Waals surface area contributed by atoms with E-state index in [0.717, 1.165) is 45.1 Å². The van der Waals surface area contributed by atoms with Gasteiger partial charge in [0, 0.05) is 13.0 Å². The molecule has 0 aliphatic carbocycles. The van der Waals surface area contributed by atoms with Crippen LogP contribution in [-0.2, 0) is 16.0 Å². The zero-order valence-electron chi connectivity index (χ0n) is 20.6. The Kier molecular flexibility index (Phi) is 9.32. The van der Waals surface area contributed by atoms with Crippen LogP contribution >= 0.6 is 0 Å². The van der Waals surface area contributed by atoms with Gasteiger partial charge in [0.25, 0.3) is 0 Å². The van der Waals surface area contributed by atoms with Crippen LogP contribution < -0.4 is 14.2 Å². The number of carboxylic acids is 1. The van der Waals surface area contributed by atoms with Crippen molar-refractivity contribution >= 4 is 11.5 Å². The maximum atomic E-state index is 11.3. The fraction of sp³-hybridized carbons (Fsp3) is 0.276. The summed E-state index contributed by atoms with van der Waals surface area (Å²) >= 11 is 0. The van der Waals surface area contributed by atoms with Gasteiger partial charge in [-0.3, -0.25) is 0 Å². The zero-order valence-corrected chi connectivity index (χ0v) is 20.6. The summed E-state index contributed by atoms with van der Waals surface area (Å²) in [6, 6.07) is 21.4. The van der Waals surface area contributed by atoms with Gasteiger partial charge < -0.3 is 24.1 Å². The Hall–Kier alpha value is -3.77. The molecule has 0 unspecified atom stereocenters. The van der Waals surface area contributed by atoms with Crippen molar-refractivity contribution in [1.82, 2.24) is 0 Å². The van der Waals surface area contributed by atoms with Gasteiger partial charge in [-0.05, 0) is 66.5 Å². The number of aliphatic carboxylic acids is 1. The summed E-state index contributed by atoms with van der Waals surface area (Å²) < 4.78 is 22.2. The molecule has 0 aliphatic rings. The quantitative estimate of drug-likeness (QED) is 0.352. The molecule has 3 aromatic rings. The van der Waals surface area contributed by atoms with Gasteiger partial charge in [-0.2, -0.15) is 0 Å². The molecule has 1 atom stereocenters. The summed E-state index contributed by atoms with van der Waals surface area (Å²) in [5.41, 5.74) is 5.02. The predicted octanol–water partition coefficient (Wildman–Crippen LogP) is 5.89. The van der Waals surface area contributed by atoms with Crippen molar-refractivity contribution < 1.29 is 28.8 Å². The Morgan fingerprint density at radius 3 is 2.11 bits per heavy atom. The molecule has 6 nitrogen and oxygen atoms in total. The van der Waals surface area contributed by atoms with Crippen LogP contribution in [0.3, 0.4) is 0 Å². The van der Waals surface area contributed by atoms with Crippen molar-refractivity contribution in [3.63, 3.8) is 0 Å². The third-order valence-electron chi connectivity index (χ3n) is 5.68. The largest absolute Gasteiger partial charge is 0.496 e. The first-order valence-corrected chi connectivity index (χ1v) is 11.5. The number of hydrogen-bond donors (Lipinski definition) is 1. The standard InChI is InChI=1S/C29H32O6/c1-5-34-27(29(30)31)19-21-9-15-24(16-10-21)35-18-17-20(2)22-11-13-23(14-12-22)28-25(32-3)7-6-8-26(28)33-4/h6-17,27H,5,18-19H2,1-4H3,(H,30,31)/t27-/m0/s1. The van der Waals surface area contributed by atoms with Crippen molar-refractivity contribution in [2.24, 2.45) is 0 Å². The van der Waals surface area contributed by atoms with Gasteiger partial charge >= 0.3 is 5.97 Å². The molecule has 0 heterocycles. The van der Waals surface area contributed by atoms with Crippen LogP contribution in [0, 0.1) is 0 Å². The van der Waals surface area contributed by atoms with E-state index in [1.165, 1.54) is 0 Å². The summed E-state index contributed by atoms with van der Waals surface area (Å²) in [6.45, 7) is 4.62. The maximum absolute atomic E-state index is 11.3. The molecule has 0 saturated carbocycles. The SMILES string of the molecule is CCO[C@@H](Cc1ccc(OCC=C(C)c2ccc(-c3c(OC)cccc3OC)cc2)cc1)C(=O)O. The van der Waals surface area contributed by atoms with Gasteiger partial charge in [-0.25, -0.2) is 4.79 Å². The van der Waals surface area contributed by atoms with E-state index in [1.54, 1.807) is 21.1 Å². The third-order valence-corrected chi connectivity index (χ3v) is 5.68. The van der Waals surface area contributed by atoms with Gasteiger partial charge in [0.2, 0.25) is 0 Å². The molecule has 0 bridgehead atoms. The fourth-order valence-electron chi connectivity index (χ4n) is 3.77. The van der Waals surface area contributed by atoms with Crippen LogP contribution in [0.1, 0.15) is 25.0 Å². The lowest BCUT2D eigenvalue weighted by atomic mass is 9.99. The normalized spacial score (nSPS) is 12.2. The molecule has 0 saturated heterocycles. The first kappa shape index (κ1) is 25.8. The second-order valence-electron chi connectivity index (χ2n) is 7.94. The molecular formula is C29H32O6. The summed E-state index contributed by atoms with van der Waals surface area (Å²) in [6.07, 6.45) is 1.51. The van der Waals surface area contributed by atoms with Gasteiger partial charge in [0.05, 0.1) is 19.8 Å². The van der Waals surface area contributed by atoms with E-state index in [-0.39, 0.29) is 0 Å². The molecule has 184 valence electrons. The Bertz CT molecular complexity index is 1110. The Morgan fingerprint density at radius 2 is 1.57 bits per heavy atom. The summed E-state index contributed by atoms with van der Waals surface area (Å²) in [4.78, 5) is 11.3. The lowest BCUT2D eigenvalue weighted by Gasteiger charge is -2.14. The molecular weight excluding hydrogens is 444 g/mol. The number of ether oxygens (including phenoxy) is 4. The molecule has 35 heavy (non-hydrogen) atoms. The first-order valence-electron chi connectivity index (χ1n) is 11.5. The van der Waals surface area contributed by atoms with Crippen LogP contribution in [-0.4, -0.2) is 44.6 Å². The second-order valence-corrected chi connectivity index (χ2v) is 7.94. The van der Waals surface area contributed by atoms with Crippen LogP contribution in [0.25, 0.3) is 16.7 Å². The smallest absolute Gasteiger partial charge is 0.333 e. The maximum Gasteiger partial charge on any atom is 0.333 e. The highest BCUT2D eigenvalue weighted by Gasteiger charge is 2.17.